The van der Waals surface area contributed by atoms with Crippen LogP contribution in [0, 0.1) is 11.5 Å². The van der Waals surface area contributed by atoms with Gasteiger partial charge in [0.2, 0.25) is 10.0 Å². The monoisotopic (exact) mass is 554 g/mol. The molecular weight excluding hydrogens is 536 g/mol. The lowest BCUT2D eigenvalue weighted by Gasteiger charge is -2.17. The fraction of sp³-hybridized carbons (Fsp3) is 0.300. The first-order valence-corrected chi connectivity index (χ1v) is 12.3. The SMILES string of the molecule is N#CN1C[C@H](NS(=O)(=O)c2cc(Br)ccc2Br)C[C@H]1CCNC(=O)c1ccccc1. The summed E-state index contributed by atoms with van der Waals surface area (Å²) in [6, 6.07) is 13.3. The van der Waals surface area contributed by atoms with Crippen LogP contribution in [0.3, 0.4) is 0 Å². The highest BCUT2D eigenvalue weighted by molar-refractivity contribution is 9.11. The number of benzene rings is 2. The fourth-order valence-electron chi connectivity index (χ4n) is 3.41. The molecule has 10 heteroatoms. The largest absolute Gasteiger partial charge is 0.352 e. The van der Waals surface area contributed by atoms with Crippen LogP contribution in [0.15, 0.2) is 62.4 Å². The van der Waals surface area contributed by atoms with Crippen LogP contribution in [0.4, 0.5) is 0 Å². The molecule has 2 aromatic rings. The van der Waals surface area contributed by atoms with Gasteiger partial charge in [0.1, 0.15) is 0 Å². The third kappa shape index (κ3) is 5.60. The number of nitrogens with one attached hydrogen (secondary N) is 2. The summed E-state index contributed by atoms with van der Waals surface area (Å²) < 4.78 is 29.4. The van der Waals surface area contributed by atoms with Crippen molar-refractivity contribution in [2.75, 3.05) is 13.1 Å². The normalized spacial score (nSPS) is 18.8. The van der Waals surface area contributed by atoms with E-state index in [0.29, 0.717) is 40.4 Å². The molecule has 7 nitrogen and oxygen atoms in total. The number of likely N-dealkylation sites (tertiary alicyclic amines) is 1. The lowest BCUT2D eigenvalue weighted by Crippen LogP contribution is -2.36. The van der Waals surface area contributed by atoms with E-state index in [1.165, 1.54) is 6.07 Å². The van der Waals surface area contributed by atoms with E-state index < -0.39 is 16.1 Å². The number of hydrogen-bond donors (Lipinski definition) is 2. The minimum absolute atomic E-state index is 0.138. The molecule has 3 rings (SSSR count). The molecular formula is C20H20Br2N4O3S. The lowest BCUT2D eigenvalue weighted by molar-refractivity contribution is 0.0951. The van der Waals surface area contributed by atoms with E-state index in [9.17, 15) is 18.5 Å². The van der Waals surface area contributed by atoms with Crippen LogP contribution in [0.25, 0.3) is 0 Å². The zero-order chi connectivity index (χ0) is 21.7. The molecule has 0 saturated carbocycles. The first kappa shape index (κ1) is 22.7. The number of carbonyl (C=O) groups excluding carboxylic acids is 1. The number of sulfonamides is 1. The molecule has 2 aromatic carbocycles. The maximum absolute atomic E-state index is 12.8. The van der Waals surface area contributed by atoms with Gasteiger partial charge in [0.25, 0.3) is 5.91 Å². The standard InChI is InChI=1S/C20H20Br2N4O3S/c21-15-6-7-18(22)19(10-15)30(28,29)25-16-11-17(26(12-16)13-23)8-9-24-20(27)14-4-2-1-3-5-14/h1-7,10,16-17,25H,8-9,11-12H2,(H,24,27)/t16-,17-/m1/s1. The van der Waals surface area contributed by atoms with Crippen molar-refractivity contribution < 1.29 is 13.2 Å². The molecule has 0 aromatic heterocycles. The first-order valence-electron chi connectivity index (χ1n) is 9.27. The molecule has 1 aliphatic rings. The average molecular weight is 556 g/mol. The first-order chi connectivity index (χ1) is 14.3. The second kappa shape index (κ2) is 9.92. The summed E-state index contributed by atoms with van der Waals surface area (Å²) in [5.74, 6) is -0.172. The van der Waals surface area contributed by atoms with Gasteiger partial charge in [-0.25, -0.2) is 13.1 Å². The van der Waals surface area contributed by atoms with Gasteiger partial charge in [-0.1, -0.05) is 34.1 Å². The third-order valence-corrected chi connectivity index (χ3v) is 7.85. The van der Waals surface area contributed by atoms with Crippen LogP contribution in [0.1, 0.15) is 23.2 Å². The predicted molar refractivity (Wildman–Crippen MR) is 120 cm³/mol. The number of carbonyl (C=O) groups is 1. The van der Waals surface area contributed by atoms with Crippen LogP contribution in [0.5, 0.6) is 0 Å². The Morgan fingerprint density at radius 3 is 2.63 bits per heavy atom. The maximum atomic E-state index is 12.8. The molecule has 30 heavy (non-hydrogen) atoms. The summed E-state index contributed by atoms with van der Waals surface area (Å²) in [7, 11) is -3.75. The Morgan fingerprint density at radius 1 is 1.20 bits per heavy atom. The number of nitriles is 1. The Morgan fingerprint density at radius 2 is 1.93 bits per heavy atom. The fourth-order valence-corrected chi connectivity index (χ4v) is 6.15. The predicted octanol–water partition coefficient (Wildman–Crippen LogP) is 3.23. The van der Waals surface area contributed by atoms with Crippen LogP contribution >= 0.6 is 31.9 Å². The van der Waals surface area contributed by atoms with Crippen molar-refractivity contribution in [1.82, 2.24) is 14.9 Å². The van der Waals surface area contributed by atoms with E-state index in [-0.39, 0.29) is 16.8 Å². The Labute approximate surface area is 192 Å². The average Bonchev–Trinajstić information content (AvgIpc) is 3.11. The van der Waals surface area contributed by atoms with E-state index in [0.717, 1.165) is 0 Å². The van der Waals surface area contributed by atoms with Gasteiger partial charge in [-0.2, -0.15) is 5.26 Å². The minimum atomic E-state index is -3.75. The summed E-state index contributed by atoms with van der Waals surface area (Å²) in [6.45, 7) is 0.686. The van der Waals surface area contributed by atoms with Crippen LogP contribution in [-0.4, -0.2) is 44.4 Å². The molecule has 2 N–H and O–H groups in total. The molecule has 1 fully saturated rings. The van der Waals surface area contributed by atoms with Gasteiger partial charge in [-0.15, -0.1) is 0 Å². The molecule has 1 amide bonds. The quantitative estimate of drug-likeness (QED) is 0.511. The van der Waals surface area contributed by atoms with Gasteiger partial charge < -0.3 is 10.2 Å². The van der Waals surface area contributed by atoms with Gasteiger partial charge in [0.15, 0.2) is 6.19 Å². The van der Waals surface area contributed by atoms with E-state index in [2.05, 4.69) is 48.1 Å². The van der Waals surface area contributed by atoms with Gasteiger partial charge in [0, 0.05) is 39.7 Å². The Kier molecular flexibility index (Phi) is 7.52. The van der Waals surface area contributed by atoms with Gasteiger partial charge >= 0.3 is 0 Å². The van der Waals surface area contributed by atoms with Crippen molar-refractivity contribution in [2.24, 2.45) is 0 Å². The molecule has 1 aliphatic heterocycles. The Hall–Kier alpha value is -1.93. The lowest BCUT2D eigenvalue weighted by atomic mass is 10.1. The topological polar surface area (TPSA) is 102 Å². The minimum Gasteiger partial charge on any atom is -0.352 e. The van der Waals surface area contributed by atoms with Crippen LogP contribution < -0.4 is 10.0 Å². The van der Waals surface area contributed by atoms with Crippen LogP contribution in [-0.2, 0) is 10.0 Å². The molecule has 0 aliphatic carbocycles. The van der Waals surface area contributed by atoms with E-state index in [4.69, 9.17) is 0 Å². The summed E-state index contributed by atoms with van der Waals surface area (Å²) in [6.07, 6.45) is 3.16. The molecule has 1 heterocycles. The van der Waals surface area contributed by atoms with Crippen molar-refractivity contribution >= 4 is 47.8 Å². The maximum Gasteiger partial charge on any atom is 0.251 e. The summed E-state index contributed by atoms with van der Waals surface area (Å²) in [5.41, 5.74) is 0.575. The second-order valence-corrected chi connectivity index (χ2v) is 10.4. The van der Waals surface area contributed by atoms with Gasteiger partial charge in [-0.05, 0) is 59.1 Å². The number of nitrogens with zero attached hydrogens (tertiary/aromatic N) is 2. The molecule has 0 radical (unpaired) electrons. The molecule has 1 saturated heterocycles. The summed E-state index contributed by atoms with van der Waals surface area (Å²) >= 11 is 6.57. The second-order valence-electron chi connectivity index (χ2n) is 6.95. The van der Waals surface area contributed by atoms with E-state index >= 15 is 0 Å². The number of halogens is 2. The number of hydrogen-bond acceptors (Lipinski definition) is 5. The smallest absolute Gasteiger partial charge is 0.251 e. The van der Waals surface area contributed by atoms with E-state index in [1.54, 1.807) is 41.3 Å². The van der Waals surface area contributed by atoms with Crippen molar-refractivity contribution in [2.45, 2.75) is 29.8 Å². The number of amides is 1. The zero-order valence-corrected chi connectivity index (χ0v) is 19.9. The highest BCUT2D eigenvalue weighted by Crippen LogP contribution is 2.27. The highest BCUT2D eigenvalue weighted by Gasteiger charge is 2.34. The van der Waals surface area contributed by atoms with Gasteiger partial charge in [0.05, 0.1) is 4.90 Å². The van der Waals surface area contributed by atoms with Crippen LogP contribution in [0.2, 0.25) is 0 Å². The van der Waals surface area contributed by atoms with Gasteiger partial charge in [-0.3, -0.25) is 4.79 Å². The Balaban J connectivity index is 1.58. The Bertz CT molecular complexity index is 1060. The zero-order valence-electron chi connectivity index (χ0n) is 15.9. The molecule has 0 bridgehead atoms. The van der Waals surface area contributed by atoms with Crippen molar-refractivity contribution in [3.8, 4) is 6.19 Å². The highest BCUT2D eigenvalue weighted by atomic mass is 79.9. The number of rotatable bonds is 7. The molecule has 0 unspecified atom stereocenters. The third-order valence-electron chi connectivity index (χ3n) is 4.85. The van der Waals surface area contributed by atoms with Crippen molar-refractivity contribution in [3.05, 3.63) is 63.0 Å². The van der Waals surface area contributed by atoms with E-state index in [1.807, 2.05) is 6.07 Å². The molecule has 0 spiro atoms. The summed E-state index contributed by atoms with van der Waals surface area (Å²) in [4.78, 5) is 13.9. The summed E-state index contributed by atoms with van der Waals surface area (Å²) in [5, 5.41) is 12.3. The molecule has 2 atom stereocenters. The van der Waals surface area contributed by atoms with Crippen molar-refractivity contribution in [3.63, 3.8) is 0 Å². The molecule has 158 valence electrons. The van der Waals surface area contributed by atoms with Crippen molar-refractivity contribution in [1.29, 1.82) is 5.26 Å².